The van der Waals surface area contributed by atoms with Crippen LogP contribution in [-0.4, -0.2) is 29.8 Å². The molecule has 1 fully saturated rings. The smallest absolute Gasteiger partial charge is 0.248 e. The summed E-state index contributed by atoms with van der Waals surface area (Å²) in [5, 5.41) is 10.6. The van der Waals surface area contributed by atoms with Crippen LogP contribution in [0.5, 0.6) is 0 Å². The Morgan fingerprint density at radius 1 is 1.00 bits per heavy atom. The lowest BCUT2D eigenvalue weighted by molar-refractivity contribution is -0.122. The number of carbonyl (C=O) groups is 3. The SMILES string of the molecule is CC(C)(C)C[C@@H]1N[C@@H](C(=O)Nc2ccc(C(N)=O)cc2)[C@H](c2cccc(Cl)c2)[C@]12C(=O)Nc1cc(Cl)ccc12. The highest BCUT2D eigenvalue weighted by Gasteiger charge is 2.65. The van der Waals surface area contributed by atoms with Gasteiger partial charge in [-0.25, -0.2) is 0 Å². The van der Waals surface area contributed by atoms with Crippen molar-refractivity contribution in [2.75, 3.05) is 10.6 Å². The van der Waals surface area contributed by atoms with E-state index in [1.165, 1.54) is 0 Å². The maximum absolute atomic E-state index is 14.2. The van der Waals surface area contributed by atoms with Crippen LogP contribution < -0.4 is 21.7 Å². The summed E-state index contributed by atoms with van der Waals surface area (Å²) in [6, 6.07) is 17.9. The predicted molar refractivity (Wildman–Crippen MR) is 154 cm³/mol. The molecule has 3 aromatic rings. The van der Waals surface area contributed by atoms with Crippen LogP contribution >= 0.6 is 23.2 Å². The van der Waals surface area contributed by atoms with Crippen LogP contribution in [0.15, 0.2) is 66.7 Å². The Kier molecular flexibility index (Phi) is 6.95. The van der Waals surface area contributed by atoms with Crippen molar-refractivity contribution in [3.05, 3.63) is 93.5 Å². The zero-order chi connectivity index (χ0) is 28.1. The third kappa shape index (κ3) is 4.91. The Bertz CT molecular complexity index is 1470. The summed E-state index contributed by atoms with van der Waals surface area (Å²) in [5.74, 6) is -1.63. The van der Waals surface area contributed by atoms with Gasteiger partial charge in [-0.05, 0) is 71.5 Å². The van der Waals surface area contributed by atoms with E-state index in [0.29, 0.717) is 33.4 Å². The number of anilines is 2. The van der Waals surface area contributed by atoms with Gasteiger partial charge in [0.05, 0.1) is 6.04 Å². The number of hydrogen-bond donors (Lipinski definition) is 4. The molecule has 7 nitrogen and oxygen atoms in total. The minimum atomic E-state index is -1.10. The number of nitrogens with two attached hydrogens (primary N) is 1. The summed E-state index contributed by atoms with van der Waals surface area (Å²) < 4.78 is 0. The number of carbonyl (C=O) groups excluding carboxylic acids is 3. The van der Waals surface area contributed by atoms with Gasteiger partial charge in [-0.2, -0.15) is 0 Å². The van der Waals surface area contributed by atoms with Crippen LogP contribution in [0, 0.1) is 5.41 Å². The molecular formula is C30H30Cl2N4O3. The van der Waals surface area contributed by atoms with Crippen molar-refractivity contribution in [2.45, 2.75) is 50.6 Å². The number of primary amides is 1. The molecule has 2 heterocycles. The van der Waals surface area contributed by atoms with E-state index in [9.17, 15) is 14.4 Å². The molecule has 1 saturated heterocycles. The molecule has 9 heteroatoms. The summed E-state index contributed by atoms with van der Waals surface area (Å²) in [6.45, 7) is 6.33. The highest BCUT2D eigenvalue weighted by atomic mass is 35.5. The molecule has 0 aromatic heterocycles. The third-order valence-corrected chi connectivity index (χ3v) is 8.02. The Hall–Kier alpha value is -3.39. The van der Waals surface area contributed by atoms with Crippen LogP contribution in [0.25, 0.3) is 0 Å². The molecule has 2 aliphatic heterocycles. The molecule has 1 spiro atoms. The van der Waals surface area contributed by atoms with Crippen molar-refractivity contribution in [1.29, 1.82) is 0 Å². The van der Waals surface area contributed by atoms with E-state index in [4.69, 9.17) is 28.9 Å². The number of fused-ring (bicyclic) bond motifs is 2. The summed E-state index contributed by atoms with van der Waals surface area (Å²) in [4.78, 5) is 39.6. The van der Waals surface area contributed by atoms with Crippen LogP contribution in [0.3, 0.4) is 0 Å². The highest BCUT2D eigenvalue weighted by molar-refractivity contribution is 6.31. The van der Waals surface area contributed by atoms with E-state index in [1.807, 2.05) is 24.3 Å². The second kappa shape index (κ2) is 9.97. The quantitative estimate of drug-likeness (QED) is 0.328. The van der Waals surface area contributed by atoms with Gasteiger partial charge in [0.1, 0.15) is 5.41 Å². The molecule has 0 radical (unpaired) electrons. The Morgan fingerprint density at radius 3 is 2.33 bits per heavy atom. The number of halogens is 2. The molecule has 2 aliphatic rings. The number of rotatable bonds is 5. The molecule has 4 atom stereocenters. The van der Waals surface area contributed by atoms with E-state index in [-0.39, 0.29) is 23.3 Å². The number of hydrogen-bond acceptors (Lipinski definition) is 4. The Labute approximate surface area is 237 Å². The molecule has 3 aromatic carbocycles. The van der Waals surface area contributed by atoms with Crippen LogP contribution in [0.2, 0.25) is 10.0 Å². The monoisotopic (exact) mass is 564 g/mol. The minimum Gasteiger partial charge on any atom is -0.366 e. The summed E-state index contributed by atoms with van der Waals surface area (Å²) >= 11 is 12.7. The van der Waals surface area contributed by atoms with Gasteiger partial charge in [0.25, 0.3) is 0 Å². The van der Waals surface area contributed by atoms with Crippen molar-refractivity contribution < 1.29 is 14.4 Å². The van der Waals surface area contributed by atoms with Crippen LogP contribution in [0.1, 0.15) is 54.6 Å². The first kappa shape index (κ1) is 27.2. The lowest BCUT2D eigenvalue weighted by Crippen LogP contribution is -2.49. The summed E-state index contributed by atoms with van der Waals surface area (Å²) in [5.41, 5.74) is 7.16. The molecule has 0 unspecified atom stereocenters. The van der Waals surface area contributed by atoms with E-state index < -0.39 is 23.3 Å². The molecule has 0 bridgehead atoms. The maximum Gasteiger partial charge on any atom is 0.248 e. The van der Waals surface area contributed by atoms with Gasteiger partial charge in [0.2, 0.25) is 17.7 Å². The zero-order valence-electron chi connectivity index (χ0n) is 21.8. The molecule has 3 amide bonds. The molecular weight excluding hydrogens is 535 g/mol. The minimum absolute atomic E-state index is 0.158. The van der Waals surface area contributed by atoms with Gasteiger partial charge in [-0.15, -0.1) is 0 Å². The second-order valence-corrected chi connectivity index (χ2v) is 12.3. The molecule has 0 aliphatic carbocycles. The van der Waals surface area contributed by atoms with Crippen molar-refractivity contribution in [3.63, 3.8) is 0 Å². The summed E-state index contributed by atoms with van der Waals surface area (Å²) in [7, 11) is 0. The first-order chi connectivity index (χ1) is 18.4. The van der Waals surface area contributed by atoms with Crippen molar-refractivity contribution in [3.8, 4) is 0 Å². The Morgan fingerprint density at radius 2 is 1.69 bits per heavy atom. The van der Waals surface area contributed by atoms with Gasteiger partial charge < -0.3 is 21.7 Å². The molecule has 5 rings (SSSR count). The van der Waals surface area contributed by atoms with Crippen molar-refractivity contribution in [2.24, 2.45) is 11.1 Å². The van der Waals surface area contributed by atoms with Gasteiger partial charge in [0, 0.05) is 38.9 Å². The first-order valence-corrected chi connectivity index (χ1v) is 13.5. The van der Waals surface area contributed by atoms with E-state index >= 15 is 0 Å². The largest absolute Gasteiger partial charge is 0.366 e. The zero-order valence-corrected chi connectivity index (χ0v) is 23.4. The van der Waals surface area contributed by atoms with E-state index in [2.05, 4.69) is 36.7 Å². The third-order valence-electron chi connectivity index (χ3n) is 7.55. The topological polar surface area (TPSA) is 113 Å². The summed E-state index contributed by atoms with van der Waals surface area (Å²) in [6.07, 6.45) is 0.622. The lowest BCUT2D eigenvalue weighted by atomic mass is 9.62. The van der Waals surface area contributed by atoms with Crippen LogP contribution in [0.4, 0.5) is 11.4 Å². The highest BCUT2D eigenvalue weighted by Crippen LogP contribution is 2.56. The molecule has 5 N–H and O–H groups in total. The van der Waals surface area contributed by atoms with Gasteiger partial charge >= 0.3 is 0 Å². The molecule has 0 saturated carbocycles. The maximum atomic E-state index is 14.2. The normalized spacial score (nSPS) is 23.9. The van der Waals surface area contributed by atoms with Crippen molar-refractivity contribution >= 4 is 52.3 Å². The van der Waals surface area contributed by atoms with Gasteiger partial charge in [-0.3, -0.25) is 14.4 Å². The lowest BCUT2D eigenvalue weighted by Gasteiger charge is -2.37. The fourth-order valence-corrected chi connectivity index (χ4v) is 6.43. The average Bonchev–Trinajstić information content (AvgIpc) is 3.33. The Balaban J connectivity index is 1.66. The average molecular weight is 566 g/mol. The standard InChI is InChI=1S/C30H30Cl2N4O3/c1-29(2,3)15-23-30(21-12-9-19(32)14-22(21)35-28(30)39)24(17-5-4-6-18(31)13-17)25(36-23)27(38)34-20-10-7-16(8-11-20)26(33)37/h4-14,23-25,36H,15H2,1-3H3,(H2,33,37)(H,34,38)(H,35,39)/t23-,24-,25+,30+/m0/s1. The first-order valence-electron chi connectivity index (χ1n) is 12.7. The van der Waals surface area contributed by atoms with Gasteiger partial charge in [-0.1, -0.05) is 62.2 Å². The molecule has 39 heavy (non-hydrogen) atoms. The number of nitrogens with one attached hydrogen (secondary N) is 3. The predicted octanol–water partition coefficient (Wildman–Crippen LogP) is 5.48. The molecule has 202 valence electrons. The number of amides is 3. The van der Waals surface area contributed by atoms with Gasteiger partial charge in [0.15, 0.2) is 0 Å². The van der Waals surface area contributed by atoms with E-state index in [0.717, 1.165) is 11.1 Å². The fraction of sp³-hybridized carbons (Fsp3) is 0.300. The number of benzene rings is 3. The van der Waals surface area contributed by atoms with E-state index in [1.54, 1.807) is 42.5 Å². The fourth-order valence-electron chi connectivity index (χ4n) is 6.06. The van der Waals surface area contributed by atoms with Crippen molar-refractivity contribution in [1.82, 2.24) is 5.32 Å². The van der Waals surface area contributed by atoms with Crippen LogP contribution in [-0.2, 0) is 15.0 Å². The second-order valence-electron chi connectivity index (χ2n) is 11.4.